The number of aromatic nitrogens is 1. The fraction of sp³-hybridized carbons (Fsp3) is 0.154. The third kappa shape index (κ3) is 1.73. The molecule has 2 aromatic heterocycles. The Hall–Kier alpha value is -2.01. The summed E-state index contributed by atoms with van der Waals surface area (Å²) in [5.74, 6) is 1.38. The molecule has 0 saturated carbocycles. The second-order valence-electron chi connectivity index (χ2n) is 4.01. The number of rotatable bonds is 2. The van der Waals surface area contributed by atoms with Crippen LogP contribution in [-0.4, -0.2) is 12.1 Å². The third-order valence-corrected chi connectivity index (χ3v) is 3.78. The molecule has 2 heterocycles. The molecule has 0 aliphatic rings. The Bertz CT molecular complexity index is 715. The van der Waals surface area contributed by atoms with Crippen LogP contribution >= 0.6 is 11.3 Å². The zero-order valence-corrected chi connectivity index (χ0v) is 10.9. The molecule has 0 radical (unpaired) electrons. The topological polar surface area (TPSA) is 61.3 Å². The van der Waals surface area contributed by atoms with Gasteiger partial charge in [0, 0.05) is 6.07 Å². The number of oxazole rings is 1. The van der Waals surface area contributed by atoms with Crippen molar-refractivity contribution in [3.8, 4) is 16.5 Å². The number of hydrogen-bond donors (Lipinski definition) is 1. The van der Waals surface area contributed by atoms with Crippen LogP contribution in [0.5, 0.6) is 5.75 Å². The summed E-state index contributed by atoms with van der Waals surface area (Å²) in [6, 6.07) is 7.49. The molecule has 1 aromatic carbocycles. The highest BCUT2D eigenvalue weighted by atomic mass is 32.1. The minimum atomic E-state index is 0.609. The highest BCUT2D eigenvalue weighted by Gasteiger charge is 2.13. The molecule has 2 N–H and O–H groups in total. The molecule has 18 heavy (non-hydrogen) atoms. The Labute approximate surface area is 108 Å². The largest absolute Gasteiger partial charge is 0.497 e. The van der Waals surface area contributed by atoms with Crippen molar-refractivity contribution in [3.05, 3.63) is 29.8 Å². The van der Waals surface area contributed by atoms with Crippen LogP contribution in [0.3, 0.4) is 0 Å². The fourth-order valence-corrected chi connectivity index (χ4v) is 2.72. The number of nitrogen functional groups attached to an aromatic ring is 1. The molecule has 3 rings (SSSR count). The molecule has 0 saturated heterocycles. The van der Waals surface area contributed by atoms with Crippen molar-refractivity contribution in [1.29, 1.82) is 0 Å². The van der Waals surface area contributed by atoms with Crippen LogP contribution in [0.2, 0.25) is 0 Å². The Morgan fingerprint density at radius 2 is 2.17 bits per heavy atom. The van der Waals surface area contributed by atoms with E-state index >= 15 is 0 Å². The number of fused-ring (bicyclic) bond motifs is 1. The minimum Gasteiger partial charge on any atom is -0.497 e. The van der Waals surface area contributed by atoms with Crippen LogP contribution in [0.15, 0.2) is 28.7 Å². The first-order valence-corrected chi connectivity index (χ1v) is 6.30. The second-order valence-corrected chi connectivity index (χ2v) is 5.10. The van der Waals surface area contributed by atoms with Crippen molar-refractivity contribution in [2.24, 2.45) is 0 Å². The van der Waals surface area contributed by atoms with E-state index in [9.17, 15) is 0 Å². The standard InChI is InChI=1S/C13H12N2O2S/c1-7-5-11(14)18-12(7)13-15-9-6-8(16-2)3-4-10(9)17-13/h3-6H,14H2,1-2H3. The van der Waals surface area contributed by atoms with Crippen molar-refractivity contribution < 1.29 is 9.15 Å². The maximum Gasteiger partial charge on any atom is 0.237 e. The maximum atomic E-state index is 5.79. The van der Waals surface area contributed by atoms with Crippen LogP contribution in [-0.2, 0) is 0 Å². The number of hydrogen-bond acceptors (Lipinski definition) is 5. The van der Waals surface area contributed by atoms with Crippen molar-refractivity contribution in [3.63, 3.8) is 0 Å². The lowest BCUT2D eigenvalue weighted by Gasteiger charge is -1.95. The molecule has 92 valence electrons. The Morgan fingerprint density at radius 1 is 1.33 bits per heavy atom. The molecular formula is C13H12N2O2S. The lowest BCUT2D eigenvalue weighted by molar-refractivity contribution is 0.415. The molecule has 3 aromatic rings. The summed E-state index contributed by atoms with van der Waals surface area (Å²) >= 11 is 1.48. The van der Waals surface area contributed by atoms with E-state index in [0.29, 0.717) is 5.89 Å². The number of anilines is 1. The molecule has 0 spiro atoms. The van der Waals surface area contributed by atoms with Gasteiger partial charge in [0.15, 0.2) is 5.58 Å². The van der Waals surface area contributed by atoms with Crippen LogP contribution in [0.4, 0.5) is 5.00 Å². The highest BCUT2D eigenvalue weighted by molar-refractivity contribution is 7.19. The van der Waals surface area contributed by atoms with Gasteiger partial charge in [0.2, 0.25) is 5.89 Å². The minimum absolute atomic E-state index is 0.609. The van der Waals surface area contributed by atoms with Gasteiger partial charge in [-0.1, -0.05) is 0 Å². The summed E-state index contributed by atoms with van der Waals surface area (Å²) in [6.07, 6.45) is 0. The molecule has 5 heteroatoms. The van der Waals surface area contributed by atoms with E-state index in [1.807, 2.05) is 31.2 Å². The van der Waals surface area contributed by atoms with Crippen molar-refractivity contribution in [2.75, 3.05) is 12.8 Å². The maximum absolute atomic E-state index is 5.79. The van der Waals surface area contributed by atoms with E-state index in [-0.39, 0.29) is 0 Å². The van der Waals surface area contributed by atoms with E-state index in [0.717, 1.165) is 32.3 Å². The van der Waals surface area contributed by atoms with Gasteiger partial charge in [-0.25, -0.2) is 4.98 Å². The van der Waals surface area contributed by atoms with E-state index < -0.39 is 0 Å². The van der Waals surface area contributed by atoms with Gasteiger partial charge in [0.05, 0.1) is 17.0 Å². The zero-order valence-electron chi connectivity index (χ0n) is 10.1. The quantitative estimate of drug-likeness (QED) is 0.766. The van der Waals surface area contributed by atoms with Crippen molar-refractivity contribution >= 4 is 27.4 Å². The predicted molar refractivity (Wildman–Crippen MR) is 73.0 cm³/mol. The number of thiophene rings is 1. The molecule has 0 atom stereocenters. The summed E-state index contributed by atoms with van der Waals surface area (Å²) in [7, 11) is 1.63. The molecule has 4 nitrogen and oxygen atoms in total. The van der Waals surface area contributed by atoms with Gasteiger partial charge in [-0.05, 0) is 30.7 Å². The third-order valence-electron chi connectivity index (χ3n) is 2.73. The SMILES string of the molecule is COc1ccc2oc(-c3sc(N)cc3C)nc2c1. The smallest absolute Gasteiger partial charge is 0.237 e. The molecular weight excluding hydrogens is 248 g/mol. The van der Waals surface area contributed by atoms with Crippen LogP contribution < -0.4 is 10.5 Å². The summed E-state index contributed by atoms with van der Waals surface area (Å²) in [4.78, 5) is 5.45. The second kappa shape index (κ2) is 4.03. The van der Waals surface area contributed by atoms with Gasteiger partial charge in [-0.3, -0.25) is 0 Å². The summed E-state index contributed by atoms with van der Waals surface area (Å²) in [5, 5.41) is 0.766. The fourth-order valence-electron chi connectivity index (χ4n) is 1.85. The van der Waals surface area contributed by atoms with Crippen LogP contribution in [0, 0.1) is 6.92 Å². The summed E-state index contributed by atoms with van der Waals surface area (Å²) < 4.78 is 10.9. The van der Waals surface area contributed by atoms with Gasteiger partial charge >= 0.3 is 0 Å². The Morgan fingerprint density at radius 3 is 2.83 bits per heavy atom. The lowest BCUT2D eigenvalue weighted by atomic mass is 10.3. The van der Waals surface area contributed by atoms with Gasteiger partial charge in [0.1, 0.15) is 11.3 Å². The number of nitrogens with zero attached hydrogens (tertiary/aromatic N) is 1. The number of methoxy groups -OCH3 is 1. The van der Waals surface area contributed by atoms with Crippen molar-refractivity contribution in [1.82, 2.24) is 4.98 Å². The molecule has 0 bridgehead atoms. The van der Waals surface area contributed by atoms with E-state index in [2.05, 4.69) is 4.98 Å². The number of ether oxygens (including phenoxy) is 1. The summed E-state index contributed by atoms with van der Waals surface area (Å²) in [6.45, 7) is 2.00. The molecule has 0 amide bonds. The lowest BCUT2D eigenvalue weighted by Crippen LogP contribution is -1.81. The average molecular weight is 260 g/mol. The predicted octanol–water partition coefficient (Wildman–Crippen LogP) is 3.46. The Balaban J connectivity index is 2.16. The number of nitrogens with two attached hydrogens (primary N) is 1. The van der Waals surface area contributed by atoms with Crippen LogP contribution in [0.1, 0.15) is 5.56 Å². The molecule has 0 aliphatic heterocycles. The number of aryl methyl sites for hydroxylation is 1. The average Bonchev–Trinajstić information content (AvgIpc) is 2.90. The molecule has 0 fully saturated rings. The van der Waals surface area contributed by atoms with Crippen molar-refractivity contribution in [2.45, 2.75) is 6.92 Å². The van der Waals surface area contributed by atoms with E-state index in [4.69, 9.17) is 14.9 Å². The molecule has 0 aliphatic carbocycles. The van der Waals surface area contributed by atoms with Gasteiger partial charge in [-0.2, -0.15) is 0 Å². The van der Waals surface area contributed by atoms with Crippen LogP contribution in [0.25, 0.3) is 21.9 Å². The number of benzene rings is 1. The highest BCUT2D eigenvalue weighted by Crippen LogP contribution is 2.35. The van der Waals surface area contributed by atoms with Gasteiger partial charge in [0.25, 0.3) is 0 Å². The summed E-state index contributed by atoms with van der Waals surface area (Å²) in [5.41, 5.74) is 8.40. The monoisotopic (exact) mass is 260 g/mol. The Kier molecular flexibility index (Phi) is 2.48. The zero-order chi connectivity index (χ0) is 12.7. The first-order valence-electron chi connectivity index (χ1n) is 5.48. The first kappa shape index (κ1) is 11.1. The molecule has 0 unspecified atom stereocenters. The van der Waals surface area contributed by atoms with Gasteiger partial charge in [-0.15, -0.1) is 11.3 Å². The van der Waals surface area contributed by atoms with E-state index in [1.165, 1.54) is 11.3 Å². The first-order chi connectivity index (χ1) is 8.67. The normalized spacial score (nSPS) is 11.0. The van der Waals surface area contributed by atoms with Gasteiger partial charge < -0.3 is 14.9 Å². The van der Waals surface area contributed by atoms with E-state index in [1.54, 1.807) is 7.11 Å².